The molecular weight excluding hydrogens is 212 g/mol. The molecule has 1 aliphatic carbocycles. The highest BCUT2D eigenvalue weighted by Gasteiger charge is 2.40. The molecule has 1 saturated carbocycles. The summed E-state index contributed by atoms with van der Waals surface area (Å²) in [5, 5.41) is 0. The largest absolute Gasteiger partial charge is 0.342 e. The summed E-state index contributed by atoms with van der Waals surface area (Å²) in [6.07, 6.45) is 3.39. The van der Waals surface area contributed by atoms with Crippen LogP contribution in [0.2, 0.25) is 0 Å². The molecule has 1 amide bonds. The molecule has 98 valence electrons. The second-order valence-corrected chi connectivity index (χ2v) is 6.98. The molecule has 1 heterocycles. The van der Waals surface area contributed by atoms with Gasteiger partial charge in [0.2, 0.25) is 5.91 Å². The first kappa shape index (κ1) is 12.9. The second kappa shape index (κ2) is 4.60. The summed E-state index contributed by atoms with van der Waals surface area (Å²) >= 11 is 0. The van der Waals surface area contributed by atoms with Crippen molar-refractivity contribution in [1.29, 1.82) is 0 Å². The Morgan fingerprint density at radius 1 is 1.35 bits per heavy atom. The molecule has 2 aliphatic rings. The number of hydrogen-bond acceptors (Lipinski definition) is 2. The van der Waals surface area contributed by atoms with E-state index in [0.29, 0.717) is 23.2 Å². The number of rotatable bonds is 3. The van der Waals surface area contributed by atoms with Crippen LogP contribution < -0.4 is 0 Å². The van der Waals surface area contributed by atoms with E-state index >= 15 is 0 Å². The average Bonchev–Trinajstić information content (AvgIpc) is 2.50. The van der Waals surface area contributed by atoms with Gasteiger partial charge in [0.05, 0.1) is 0 Å². The predicted octanol–water partition coefficient (Wildman–Crippen LogP) is 1.83. The van der Waals surface area contributed by atoms with Gasteiger partial charge in [-0.3, -0.25) is 4.79 Å². The molecule has 0 spiro atoms. The normalized spacial score (nSPS) is 28.5. The summed E-state index contributed by atoms with van der Waals surface area (Å²) in [6.45, 7) is 7.64. The zero-order valence-corrected chi connectivity index (χ0v) is 11.7. The molecule has 17 heavy (non-hydrogen) atoms. The summed E-state index contributed by atoms with van der Waals surface area (Å²) in [7, 11) is 4.20. The Balaban J connectivity index is 1.76. The minimum absolute atomic E-state index is 0.310. The fraction of sp³-hybridized carbons (Fsp3) is 0.929. The zero-order chi connectivity index (χ0) is 12.6. The van der Waals surface area contributed by atoms with Crippen LogP contribution in [-0.4, -0.2) is 49.4 Å². The third kappa shape index (κ3) is 3.01. The van der Waals surface area contributed by atoms with Crippen molar-refractivity contribution in [3.05, 3.63) is 0 Å². The summed E-state index contributed by atoms with van der Waals surface area (Å²) in [5.41, 5.74) is 0.383. The van der Waals surface area contributed by atoms with E-state index < -0.39 is 0 Å². The zero-order valence-electron chi connectivity index (χ0n) is 11.7. The molecule has 2 rings (SSSR count). The molecule has 0 bridgehead atoms. The lowest BCUT2D eigenvalue weighted by Crippen LogP contribution is -2.54. The van der Waals surface area contributed by atoms with Crippen molar-refractivity contribution in [2.45, 2.75) is 33.1 Å². The van der Waals surface area contributed by atoms with Gasteiger partial charge in [-0.25, -0.2) is 0 Å². The molecule has 3 heteroatoms. The first-order valence-electron chi connectivity index (χ1n) is 6.81. The van der Waals surface area contributed by atoms with Crippen LogP contribution in [0.5, 0.6) is 0 Å². The number of likely N-dealkylation sites (tertiary alicyclic amines) is 1. The fourth-order valence-electron chi connectivity index (χ4n) is 3.29. The monoisotopic (exact) mass is 238 g/mol. The van der Waals surface area contributed by atoms with Crippen LogP contribution in [0.3, 0.4) is 0 Å². The van der Waals surface area contributed by atoms with E-state index in [4.69, 9.17) is 0 Å². The van der Waals surface area contributed by atoms with Crippen molar-refractivity contribution in [3.63, 3.8) is 0 Å². The van der Waals surface area contributed by atoms with Crippen LogP contribution in [0.1, 0.15) is 33.1 Å². The topological polar surface area (TPSA) is 23.6 Å². The Morgan fingerprint density at radius 3 is 2.47 bits per heavy atom. The Morgan fingerprint density at radius 2 is 2.00 bits per heavy atom. The van der Waals surface area contributed by atoms with Crippen molar-refractivity contribution in [2.24, 2.45) is 17.3 Å². The number of nitrogens with zero attached hydrogens (tertiary/aromatic N) is 2. The molecule has 0 aromatic heterocycles. The minimum Gasteiger partial charge on any atom is -0.342 e. The molecule has 1 unspecified atom stereocenters. The Hall–Kier alpha value is -0.570. The molecule has 1 saturated heterocycles. The van der Waals surface area contributed by atoms with Crippen LogP contribution >= 0.6 is 0 Å². The quantitative estimate of drug-likeness (QED) is 0.749. The van der Waals surface area contributed by atoms with Crippen LogP contribution in [0, 0.1) is 17.3 Å². The molecule has 1 aliphatic heterocycles. The molecule has 1 atom stereocenters. The second-order valence-electron chi connectivity index (χ2n) is 6.98. The van der Waals surface area contributed by atoms with Gasteiger partial charge in [-0.05, 0) is 38.8 Å². The van der Waals surface area contributed by atoms with Gasteiger partial charge in [0.25, 0.3) is 0 Å². The van der Waals surface area contributed by atoms with Gasteiger partial charge < -0.3 is 9.80 Å². The van der Waals surface area contributed by atoms with Gasteiger partial charge in [-0.2, -0.15) is 0 Å². The molecule has 0 radical (unpaired) electrons. The lowest BCUT2D eigenvalue weighted by molar-refractivity contribution is -0.142. The third-order valence-corrected chi connectivity index (χ3v) is 4.21. The van der Waals surface area contributed by atoms with E-state index in [2.05, 4.69) is 37.7 Å². The van der Waals surface area contributed by atoms with E-state index in [1.54, 1.807) is 0 Å². The number of carbonyl (C=O) groups excluding carboxylic acids is 1. The lowest BCUT2D eigenvalue weighted by Gasteiger charge is -2.42. The molecule has 0 aromatic rings. The Bertz CT molecular complexity index is 293. The van der Waals surface area contributed by atoms with E-state index in [9.17, 15) is 4.79 Å². The SMILES string of the molecule is CN(C)CC1CN(C(=O)C2CCC(C)(C)C2)C1. The van der Waals surface area contributed by atoms with Crippen molar-refractivity contribution in [1.82, 2.24) is 9.80 Å². The minimum atomic E-state index is 0.310. The van der Waals surface area contributed by atoms with Gasteiger partial charge in [0, 0.05) is 31.5 Å². The van der Waals surface area contributed by atoms with Crippen molar-refractivity contribution in [2.75, 3.05) is 33.7 Å². The molecular formula is C14H26N2O. The fourth-order valence-corrected chi connectivity index (χ4v) is 3.29. The average molecular weight is 238 g/mol. The number of carbonyl (C=O) groups is 1. The van der Waals surface area contributed by atoms with E-state index in [0.717, 1.165) is 32.5 Å². The van der Waals surface area contributed by atoms with E-state index in [1.807, 2.05) is 0 Å². The van der Waals surface area contributed by atoms with E-state index in [-0.39, 0.29) is 0 Å². The smallest absolute Gasteiger partial charge is 0.225 e. The lowest BCUT2D eigenvalue weighted by atomic mass is 9.89. The van der Waals surface area contributed by atoms with Gasteiger partial charge >= 0.3 is 0 Å². The summed E-state index contributed by atoms with van der Waals surface area (Å²) in [6, 6.07) is 0. The maximum Gasteiger partial charge on any atom is 0.225 e. The molecule has 0 N–H and O–H groups in total. The van der Waals surface area contributed by atoms with Crippen molar-refractivity contribution in [3.8, 4) is 0 Å². The predicted molar refractivity (Wildman–Crippen MR) is 69.7 cm³/mol. The maximum absolute atomic E-state index is 12.3. The molecule has 0 aromatic carbocycles. The molecule has 2 fully saturated rings. The van der Waals surface area contributed by atoms with Crippen molar-refractivity contribution >= 4 is 5.91 Å². The van der Waals surface area contributed by atoms with Gasteiger partial charge in [-0.15, -0.1) is 0 Å². The first-order chi connectivity index (χ1) is 7.87. The first-order valence-corrected chi connectivity index (χ1v) is 6.81. The van der Waals surface area contributed by atoms with Gasteiger partial charge in [0.15, 0.2) is 0 Å². The van der Waals surface area contributed by atoms with Gasteiger partial charge in [-0.1, -0.05) is 13.8 Å². The molecule has 3 nitrogen and oxygen atoms in total. The highest BCUT2D eigenvalue weighted by molar-refractivity contribution is 5.80. The van der Waals surface area contributed by atoms with Gasteiger partial charge in [0.1, 0.15) is 0 Å². The standard InChI is InChI=1S/C14H26N2O/c1-14(2)6-5-12(7-14)13(17)16-9-11(10-16)8-15(3)4/h11-12H,5-10H2,1-4H3. The van der Waals surface area contributed by atoms with E-state index in [1.165, 1.54) is 6.42 Å². The van der Waals surface area contributed by atoms with Crippen LogP contribution in [-0.2, 0) is 4.79 Å². The summed E-state index contributed by atoms with van der Waals surface area (Å²) in [4.78, 5) is 16.5. The van der Waals surface area contributed by atoms with Crippen molar-refractivity contribution < 1.29 is 4.79 Å². The summed E-state index contributed by atoms with van der Waals surface area (Å²) in [5.74, 6) is 1.43. The van der Waals surface area contributed by atoms with Crippen LogP contribution in [0.25, 0.3) is 0 Å². The maximum atomic E-state index is 12.3. The summed E-state index contributed by atoms with van der Waals surface area (Å²) < 4.78 is 0. The highest BCUT2D eigenvalue weighted by Crippen LogP contribution is 2.42. The number of amides is 1. The highest BCUT2D eigenvalue weighted by atomic mass is 16.2. The number of hydrogen-bond donors (Lipinski definition) is 0. The Kier molecular flexibility index (Phi) is 3.48. The van der Waals surface area contributed by atoms with Crippen LogP contribution in [0.15, 0.2) is 0 Å². The van der Waals surface area contributed by atoms with Crippen LogP contribution in [0.4, 0.5) is 0 Å². The Labute approximate surface area is 105 Å². The third-order valence-electron chi connectivity index (χ3n) is 4.21.